The first-order valence-corrected chi connectivity index (χ1v) is 7.75. The van der Waals surface area contributed by atoms with Crippen LogP contribution in [0.15, 0.2) is 30.3 Å². The highest BCUT2D eigenvalue weighted by Gasteiger charge is 2.27. The van der Waals surface area contributed by atoms with E-state index in [4.69, 9.17) is 9.47 Å². The van der Waals surface area contributed by atoms with Gasteiger partial charge in [-0.1, -0.05) is 37.3 Å². The lowest BCUT2D eigenvalue weighted by atomic mass is 10.0. The Hall–Kier alpha value is -0.900. The summed E-state index contributed by atoms with van der Waals surface area (Å²) in [4.78, 5) is 0. The van der Waals surface area contributed by atoms with Crippen LogP contribution in [0.2, 0.25) is 0 Å². The van der Waals surface area contributed by atoms with Gasteiger partial charge in [-0.05, 0) is 38.8 Å². The molecule has 0 spiro atoms. The smallest absolute Gasteiger partial charge is 0.0953 e. The molecule has 3 unspecified atom stereocenters. The molecule has 1 heterocycles. The molecule has 3 heteroatoms. The Balaban J connectivity index is 2.00. The molecule has 1 aliphatic rings. The Kier molecular flexibility index (Phi) is 6.02. The summed E-state index contributed by atoms with van der Waals surface area (Å²) in [5, 5.41) is 3.40. The van der Waals surface area contributed by atoms with Crippen LogP contribution in [0.4, 0.5) is 0 Å². The van der Waals surface area contributed by atoms with Gasteiger partial charge in [0, 0.05) is 6.54 Å². The van der Waals surface area contributed by atoms with E-state index in [9.17, 15) is 0 Å². The second kappa shape index (κ2) is 7.77. The number of ether oxygens (including phenoxy) is 2. The molecule has 1 saturated heterocycles. The Labute approximate surface area is 122 Å². The van der Waals surface area contributed by atoms with E-state index >= 15 is 0 Å². The Morgan fingerprint density at radius 1 is 1.20 bits per heavy atom. The third-order valence-electron chi connectivity index (χ3n) is 3.76. The molecule has 1 aliphatic heterocycles. The summed E-state index contributed by atoms with van der Waals surface area (Å²) in [5.74, 6) is 0. The maximum Gasteiger partial charge on any atom is 0.0953 e. The van der Waals surface area contributed by atoms with E-state index in [1.807, 2.05) is 6.07 Å². The summed E-state index contributed by atoms with van der Waals surface area (Å²) < 4.78 is 12.2. The summed E-state index contributed by atoms with van der Waals surface area (Å²) in [7, 11) is 0. The minimum Gasteiger partial charge on any atom is -0.375 e. The zero-order chi connectivity index (χ0) is 14.4. The van der Waals surface area contributed by atoms with Crippen molar-refractivity contribution in [1.29, 1.82) is 0 Å². The Bertz CT molecular complexity index is 372. The van der Waals surface area contributed by atoms with Gasteiger partial charge in [-0.2, -0.15) is 0 Å². The molecule has 20 heavy (non-hydrogen) atoms. The SMILES string of the molecule is CCNCC(OC1CC(C)OC(C)C1)c1ccccc1. The molecule has 1 aromatic rings. The van der Waals surface area contributed by atoms with E-state index in [1.54, 1.807) is 0 Å². The van der Waals surface area contributed by atoms with Crippen LogP contribution < -0.4 is 5.32 Å². The van der Waals surface area contributed by atoms with Crippen molar-refractivity contribution in [3.05, 3.63) is 35.9 Å². The van der Waals surface area contributed by atoms with E-state index in [0.29, 0.717) is 12.2 Å². The van der Waals surface area contributed by atoms with Crippen molar-refractivity contribution in [2.45, 2.75) is 58.0 Å². The predicted octanol–water partition coefficient (Wildman–Crippen LogP) is 3.31. The highest BCUT2D eigenvalue weighted by Crippen LogP contribution is 2.27. The first kappa shape index (κ1) is 15.5. The van der Waals surface area contributed by atoms with Gasteiger partial charge in [-0.3, -0.25) is 0 Å². The topological polar surface area (TPSA) is 30.5 Å². The fourth-order valence-corrected chi connectivity index (χ4v) is 2.88. The van der Waals surface area contributed by atoms with Crippen LogP contribution in [0.3, 0.4) is 0 Å². The van der Waals surface area contributed by atoms with E-state index in [2.05, 4.69) is 50.4 Å². The van der Waals surface area contributed by atoms with Crippen molar-refractivity contribution in [3.63, 3.8) is 0 Å². The summed E-state index contributed by atoms with van der Waals surface area (Å²) in [6.07, 6.45) is 2.97. The van der Waals surface area contributed by atoms with Crippen LogP contribution in [-0.4, -0.2) is 31.4 Å². The Morgan fingerprint density at radius 3 is 2.45 bits per heavy atom. The van der Waals surface area contributed by atoms with Crippen LogP contribution >= 0.6 is 0 Å². The van der Waals surface area contributed by atoms with Gasteiger partial charge < -0.3 is 14.8 Å². The minimum atomic E-state index is 0.124. The van der Waals surface area contributed by atoms with Crippen molar-refractivity contribution >= 4 is 0 Å². The van der Waals surface area contributed by atoms with E-state index in [1.165, 1.54) is 5.56 Å². The largest absolute Gasteiger partial charge is 0.375 e. The molecule has 0 aliphatic carbocycles. The molecule has 0 bridgehead atoms. The third kappa shape index (κ3) is 4.58. The average Bonchev–Trinajstić information content (AvgIpc) is 2.43. The van der Waals surface area contributed by atoms with Gasteiger partial charge in [0.25, 0.3) is 0 Å². The zero-order valence-electron chi connectivity index (χ0n) is 12.8. The van der Waals surface area contributed by atoms with Crippen LogP contribution in [0.5, 0.6) is 0 Å². The van der Waals surface area contributed by atoms with Crippen molar-refractivity contribution in [2.24, 2.45) is 0 Å². The van der Waals surface area contributed by atoms with E-state index < -0.39 is 0 Å². The molecule has 1 aromatic carbocycles. The van der Waals surface area contributed by atoms with Gasteiger partial charge in [0.1, 0.15) is 0 Å². The number of benzene rings is 1. The predicted molar refractivity (Wildman–Crippen MR) is 81.8 cm³/mol. The van der Waals surface area contributed by atoms with Crippen molar-refractivity contribution < 1.29 is 9.47 Å². The summed E-state index contributed by atoms with van der Waals surface area (Å²) in [6, 6.07) is 10.5. The fraction of sp³-hybridized carbons (Fsp3) is 0.647. The molecule has 1 fully saturated rings. The molecular formula is C17H27NO2. The van der Waals surface area contributed by atoms with Gasteiger partial charge in [0.05, 0.1) is 24.4 Å². The molecule has 112 valence electrons. The second-order valence-corrected chi connectivity index (χ2v) is 5.69. The van der Waals surface area contributed by atoms with E-state index in [-0.39, 0.29) is 12.2 Å². The van der Waals surface area contributed by atoms with Crippen LogP contribution in [0, 0.1) is 0 Å². The molecule has 2 rings (SSSR count). The molecule has 1 N–H and O–H groups in total. The molecule has 0 amide bonds. The van der Waals surface area contributed by atoms with Crippen LogP contribution in [0.25, 0.3) is 0 Å². The summed E-state index contributed by atoms with van der Waals surface area (Å²) in [5.41, 5.74) is 1.25. The Morgan fingerprint density at radius 2 is 1.85 bits per heavy atom. The van der Waals surface area contributed by atoms with Gasteiger partial charge >= 0.3 is 0 Å². The lowest BCUT2D eigenvalue weighted by Crippen LogP contribution is -2.36. The lowest BCUT2D eigenvalue weighted by molar-refractivity contribution is -0.122. The number of rotatable bonds is 6. The normalized spacial score (nSPS) is 28.2. The molecule has 3 nitrogen and oxygen atoms in total. The lowest BCUT2D eigenvalue weighted by Gasteiger charge is -2.34. The third-order valence-corrected chi connectivity index (χ3v) is 3.76. The number of likely N-dealkylation sites (N-methyl/N-ethyl adjacent to an activating group) is 1. The second-order valence-electron chi connectivity index (χ2n) is 5.69. The van der Waals surface area contributed by atoms with E-state index in [0.717, 1.165) is 25.9 Å². The maximum absolute atomic E-state index is 6.38. The highest BCUT2D eigenvalue weighted by atomic mass is 16.5. The maximum atomic E-state index is 6.38. The summed E-state index contributed by atoms with van der Waals surface area (Å²) in [6.45, 7) is 8.22. The first-order chi connectivity index (χ1) is 9.69. The van der Waals surface area contributed by atoms with Crippen molar-refractivity contribution in [1.82, 2.24) is 5.32 Å². The number of nitrogens with one attached hydrogen (secondary N) is 1. The van der Waals surface area contributed by atoms with Gasteiger partial charge in [-0.15, -0.1) is 0 Å². The zero-order valence-corrected chi connectivity index (χ0v) is 12.8. The first-order valence-electron chi connectivity index (χ1n) is 7.75. The number of hydrogen-bond donors (Lipinski definition) is 1. The minimum absolute atomic E-state index is 0.124. The molecular weight excluding hydrogens is 250 g/mol. The van der Waals surface area contributed by atoms with Crippen LogP contribution in [0.1, 0.15) is 45.3 Å². The molecule has 0 saturated carbocycles. The number of hydrogen-bond acceptors (Lipinski definition) is 3. The van der Waals surface area contributed by atoms with Crippen LogP contribution in [-0.2, 0) is 9.47 Å². The molecule has 0 aromatic heterocycles. The fourth-order valence-electron chi connectivity index (χ4n) is 2.88. The van der Waals surface area contributed by atoms with Gasteiger partial charge in [-0.25, -0.2) is 0 Å². The monoisotopic (exact) mass is 277 g/mol. The standard InChI is InChI=1S/C17H27NO2/c1-4-18-12-17(15-8-6-5-7-9-15)20-16-10-13(2)19-14(3)11-16/h5-9,13-14,16-18H,4,10-12H2,1-3H3. The molecule has 0 radical (unpaired) electrons. The quantitative estimate of drug-likeness (QED) is 0.865. The van der Waals surface area contributed by atoms with Gasteiger partial charge in [0.2, 0.25) is 0 Å². The summed E-state index contributed by atoms with van der Waals surface area (Å²) >= 11 is 0. The average molecular weight is 277 g/mol. The molecule has 3 atom stereocenters. The van der Waals surface area contributed by atoms with Crippen molar-refractivity contribution in [2.75, 3.05) is 13.1 Å². The van der Waals surface area contributed by atoms with Crippen molar-refractivity contribution in [3.8, 4) is 0 Å². The highest BCUT2D eigenvalue weighted by molar-refractivity contribution is 5.18. The van der Waals surface area contributed by atoms with Gasteiger partial charge in [0.15, 0.2) is 0 Å².